The summed E-state index contributed by atoms with van der Waals surface area (Å²) >= 11 is 5.27. The molecule has 0 amide bonds. The lowest BCUT2D eigenvalue weighted by atomic mass is 10.1. The Hall–Kier alpha value is 0.0500. The van der Waals surface area contributed by atoms with Gasteiger partial charge in [-0.3, -0.25) is 4.90 Å². The zero-order chi connectivity index (χ0) is 16.8. The predicted molar refractivity (Wildman–Crippen MR) is 95.6 cm³/mol. The Morgan fingerprint density at radius 1 is 1.05 bits per heavy atom. The van der Waals surface area contributed by atoms with Crippen LogP contribution in [-0.2, 0) is 4.74 Å². The molecule has 6 nitrogen and oxygen atoms in total. The van der Waals surface area contributed by atoms with Gasteiger partial charge in [0.25, 0.3) is 0 Å². The molecule has 0 radical (unpaired) electrons. The zero-order valence-corrected chi connectivity index (χ0v) is 15.3. The number of halogens is 1. The first-order valence-electron chi connectivity index (χ1n) is 8.19. The number of nitrogens with one attached hydrogen (secondary N) is 2. The van der Waals surface area contributed by atoms with E-state index >= 15 is 0 Å². The minimum absolute atomic E-state index is 0.203. The number of nitrogens with two attached hydrogens (primary N) is 2. The topological polar surface area (TPSA) is 91.9 Å². The van der Waals surface area contributed by atoms with Gasteiger partial charge in [-0.25, -0.2) is 0 Å². The molecule has 0 aromatic rings. The van der Waals surface area contributed by atoms with Crippen LogP contribution in [0, 0.1) is 0 Å². The Morgan fingerprint density at radius 3 is 1.73 bits per heavy atom. The van der Waals surface area contributed by atoms with Crippen molar-refractivity contribution in [2.24, 2.45) is 11.5 Å². The molecule has 1 unspecified atom stereocenters. The molecular formula is C15H36ClN5O. The molecule has 6 N–H and O–H groups in total. The van der Waals surface area contributed by atoms with E-state index in [1.807, 2.05) is 0 Å². The summed E-state index contributed by atoms with van der Waals surface area (Å²) in [4.78, 5) is 2.47. The number of alkyl halides is 1. The third-order valence-electron chi connectivity index (χ3n) is 3.28. The fourth-order valence-corrected chi connectivity index (χ4v) is 2.00. The highest BCUT2D eigenvalue weighted by molar-refractivity contribution is 6.18. The molecule has 22 heavy (non-hydrogen) atoms. The van der Waals surface area contributed by atoms with E-state index in [1.54, 1.807) is 0 Å². The minimum atomic E-state index is 0.203. The van der Waals surface area contributed by atoms with E-state index in [-0.39, 0.29) is 5.54 Å². The van der Waals surface area contributed by atoms with Crippen LogP contribution in [0.15, 0.2) is 0 Å². The van der Waals surface area contributed by atoms with Gasteiger partial charge in [0, 0.05) is 57.9 Å². The number of hydrogen-bond acceptors (Lipinski definition) is 6. The van der Waals surface area contributed by atoms with Crippen molar-refractivity contribution in [1.29, 1.82) is 0 Å². The summed E-state index contributed by atoms with van der Waals surface area (Å²) in [6.45, 7) is 14.9. The molecule has 1 heterocycles. The molecule has 1 aliphatic heterocycles. The summed E-state index contributed by atoms with van der Waals surface area (Å²) in [7, 11) is 0. The van der Waals surface area contributed by atoms with Crippen LogP contribution in [0.4, 0.5) is 0 Å². The van der Waals surface area contributed by atoms with Crippen LogP contribution in [-0.4, -0.2) is 81.4 Å². The van der Waals surface area contributed by atoms with Gasteiger partial charge in [-0.1, -0.05) is 0 Å². The first-order valence-corrected chi connectivity index (χ1v) is 8.73. The molecule has 0 saturated carbocycles. The Morgan fingerprint density at radius 2 is 1.50 bits per heavy atom. The van der Waals surface area contributed by atoms with Crippen LogP contribution in [0.3, 0.4) is 0 Å². The van der Waals surface area contributed by atoms with Gasteiger partial charge in [0.15, 0.2) is 0 Å². The standard InChI is InChI=1S/C12H31N5.C3H5ClO/c1-12(2,3)17(10-8-15-6-4-13)11-9-16-7-5-14;4-1-3-2-5-3/h15-16H,4-11,13-14H2,1-3H3;3H,1-2H2. The molecule has 0 aromatic carbocycles. The van der Waals surface area contributed by atoms with Crippen molar-refractivity contribution in [3.05, 3.63) is 0 Å². The molecule has 0 bridgehead atoms. The number of rotatable bonds is 11. The number of ether oxygens (including phenoxy) is 1. The van der Waals surface area contributed by atoms with Crippen LogP contribution >= 0.6 is 11.6 Å². The second-order valence-electron chi connectivity index (χ2n) is 6.34. The Kier molecular flexibility index (Phi) is 13.5. The van der Waals surface area contributed by atoms with Gasteiger partial charge < -0.3 is 26.8 Å². The lowest BCUT2D eigenvalue weighted by molar-refractivity contribution is 0.138. The molecule has 1 fully saturated rings. The summed E-state index contributed by atoms with van der Waals surface area (Å²) in [5, 5.41) is 6.66. The quantitative estimate of drug-likeness (QED) is 0.237. The molecule has 1 atom stereocenters. The molecule has 134 valence electrons. The molecule has 1 aliphatic rings. The lowest BCUT2D eigenvalue weighted by Gasteiger charge is -2.35. The van der Waals surface area contributed by atoms with E-state index in [1.165, 1.54) is 0 Å². The van der Waals surface area contributed by atoms with Gasteiger partial charge in [0.2, 0.25) is 0 Å². The van der Waals surface area contributed by atoms with E-state index in [9.17, 15) is 0 Å². The number of epoxide rings is 1. The van der Waals surface area contributed by atoms with Gasteiger partial charge in [-0.05, 0) is 20.8 Å². The van der Waals surface area contributed by atoms with Crippen LogP contribution in [0.5, 0.6) is 0 Å². The van der Waals surface area contributed by atoms with Gasteiger partial charge in [0.05, 0.1) is 18.6 Å². The monoisotopic (exact) mass is 337 g/mol. The highest BCUT2D eigenvalue weighted by Crippen LogP contribution is 2.11. The first-order chi connectivity index (χ1) is 10.5. The SMILES string of the molecule is CC(C)(C)N(CCNCCN)CCNCCN.ClCC1CO1. The molecule has 1 rings (SSSR count). The highest BCUT2D eigenvalue weighted by atomic mass is 35.5. The summed E-state index contributed by atoms with van der Waals surface area (Å²) in [5.41, 5.74) is 11.1. The molecule has 0 aromatic heterocycles. The molecule has 0 aliphatic carbocycles. The summed E-state index contributed by atoms with van der Waals surface area (Å²) in [6.07, 6.45) is 0.400. The second-order valence-corrected chi connectivity index (χ2v) is 6.65. The summed E-state index contributed by atoms with van der Waals surface area (Å²) in [5.74, 6) is 0.667. The fraction of sp³-hybridized carbons (Fsp3) is 1.00. The number of hydrogen-bond donors (Lipinski definition) is 4. The van der Waals surface area contributed by atoms with E-state index < -0.39 is 0 Å². The minimum Gasteiger partial charge on any atom is -0.372 e. The maximum atomic E-state index is 5.45. The van der Waals surface area contributed by atoms with Crippen molar-refractivity contribution < 1.29 is 4.74 Å². The van der Waals surface area contributed by atoms with E-state index in [2.05, 4.69) is 36.3 Å². The maximum absolute atomic E-state index is 5.45. The van der Waals surface area contributed by atoms with Crippen LogP contribution in [0.2, 0.25) is 0 Å². The average Bonchev–Trinajstić information content (AvgIpc) is 3.29. The Bertz CT molecular complexity index is 235. The lowest BCUT2D eigenvalue weighted by Crippen LogP contribution is -2.48. The van der Waals surface area contributed by atoms with E-state index in [4.69, 9.17) is 27.8 Å². The smallest absolute Gasteiger partial charge is 0.0944 e. The summed E-state index contributed by atoms with van der Waals surface area (Å²) in [6, 6.07) is 0. The molecule has 0 spiro atoms. The van der Waals surface area contributed by atoms with Crippen molar-refractivity contribution in [3.8, 4) is 0 Å². The fourth-order valence-electron chi connectivity index (χ4n) is 1.82. The third-order valence-corrected chi connectivity index (χ3v) is 3.63. The third kappa shape index (κ3) is 13.7. The highest BCUT2D eigenvalue weighted by Gasteiger charge is 2.20. The molecule has 1 saturated heterocycles. The van der Waals surface area contributed by atoms with Crippen LogP contribution in [0.25, 0.3) is 0 Å². The van der Waals surface area contributed by atoms with Crippen molar-refractivity contribution in [1.82, 2.24) is 15.5 Å². The zero-order valence-electron chi connectivity index (χ0n) is 14.5. The molecule has 7 heteroatoms. The van der Waals surface area contributed by atoms with Crippen molar-refractivity contribution in [3.63, 3.8) is 0 Å². The van der Waals surface area contributed by atoms with Gasteiger partial charge in [-0.2, -0.15) is 0 Å². The van der Waals surface area contributed by atoms with E-state index in [0.717, 1.165) is 45.9 Å². The van der Waals surface area contributed by atoms with Crippen LogP contribution in [0.1, 0.15) is 20.8 Å². The van der Waals surface area contributed by atoms with Crippen molar-refractivity contribution >= 4 is 11.6 Å². The maximum Gasteiger partial charge on any atom is 0.0944 e. The second kappa shape index (κ2) is 13.5. The average molecular weight is 338 g/mol. The Labute approximate surface area is 141 Å². The predicted octanol–water partition coefficient (Wildman–Crippen LogP) is -0.192. The van der Waals surface area contributed by atoms with Crippen LogP contribution < -0.4 is 22.1 Å². The van der Waals surface area contributed by atoms with Gasteiger partial charge >= 0.3 is 0 Å². The Balaban J connectivity index is 0.000000734. The van der Waals surface area contributed by atoms with Gasteiger partial charge in [0.1, 0.15) is 0 Å². The summed E-state index contributed by atoms with van der Waals surface area (Å²) < 4.78 is 4.73. The van der Waals surface area contributed by atoms with Crippen molar-refractivity contribution in [2.75, 3.05) is 64.8 Å². The largest absolute Gasteiger partial charge is 0.372 e. The first kappa shape index (κ1) is 22.1. The normalized spacial score (nSPS) is 17.3. The molecular weight excluding hydrogens is 302 g/mol. The van der Waals surface area contributed by atoms with E-state index in [0.29, 0.717) is 25.1 Å². The van der Waals surface area contributed by atoms with Crippen molar-refractivity contribution in [2.45, 2.75) is 32.4 Å². The number of nitrogens with zero attached hydrogens (tertiary/aromatic N) is 1. The van der Waals surface area contributed by atoms with Gasteiger partial charge in [-0.15, -0.1) is 11.6 Å².